The van der Waals surface area contributed by atoms with Gasteiger partial charge < -0.3 is 29.9 Å². The SMILES string of the molecule is [B]NPOC(=O)C1=C(CN2CCNCC2CN)[C@H](C)[C@@H]2[C@@H]([C@@H](C)O[Si](CC)(CC)CC)C(=O)N12. The average Bonchev–Trinajstić information content (AvgIpc) is 3.09. The van der Waals surface area contributed by atoms with Crippen molar-refractivity contribution in [2.24, 2.45) is 17.6 Å². The molecule has 0 aromatic rings. The molecule has 34 heavy (non-hydrogen) atoms. The van der Waals surface area contributed by atoms with Gasteiger partial charge >= 0.3 is 5.97 Å². The van der Waals surface area contributed by atoms with Crippen molar-refractivity contribution in [2.45, 2.75) is 70.9 Å². The summed E-state index contributed by atoms with van der Waals surface area (Å²) in [5.41, 5.74) is 7.36. The Morgan fingerprint density at radius 1 is 1.35 bits per heavy atom. The van der Waals surface area contributed by atoms with E-state index in [2.05, 4.69) is 42.9 Å². The highest BCUT2D eigenvalue weighted by atomic mass is 31.1. The van der Waals surface area contributed by atoms with Crippen LogP contribution in [0.4, 0.5) is 0 Å². The Morgan fingerprint density at radius 2 is 2.03 bits per heavy atom. The number of nitrogens with one attached hydrogen (secondary N) is 2. The maximum atomic E-state index is 13.5. The van der Waals surface area contributed by atoms with Crippen molar-refractivity contribution >= 4 is 37.1 Å². The molecule has 0 aromatic heterocycles. The number of carbonyl (C=O) groups is 2. The van der Waals surface area contributed by atoms with Gasteiger partial charge in [0.05, 0.1) is 18.1 Å². The minimum Gasteiger partial charge on any atom is -0.428 e. The van der Waals surface area contributed by atoms with E-state index in [4.69, 9.17) is 22.7 Å². The summed E-state index contributed by atoms with van der Waals surface area (Å²) in [6.45, 7) is 14.4. The number of nitrogens with two attached hydrogens (primary N) is 1. The van der Waals surface area contributed by atoms with E-state index in [9.17, 15) is 9.59 Å². The Labute approximate surface area is 208 Å². The summed E-state index contributed by atoms with van der Waals surface area (Å²) in [5, 5.41) is 3.38. The lowest BCUT2D eigenvalue weighted by Crippen LogP contribution is -2.65. The topological polar surface area (TPSA) is 109 Å². The van der Waals surface area contributed by atoms with E-state index < -0.39 is 14.3 Å². The average molecular weight is 509 g/mol. The van der Waals surface area contributed by atoms with Gasteiger partial charge in [-0.05, 0) is 30.6 Å². The minimum atomic E-state index is -1.87. The molecule has 6 atom stereocenters. The lowest BCUT2D eigenvalue weighted by atomic mass is 9.77. The molecule has 4 N–H and O–H groups in total. The molecule has 3 aliphatic heterocycles. The quantitative estimate of drug-likeness (QED) is 0.204. The zero-order valence-electron chi connectivity index (χ0n) is 21.2. The standard InChI is InChI=1S/C22H41BN5O4PSi/c1-6-34(7-2,8-3)32-15(5)18-19-14(4)17(13-27-10-9-25-12-16(27)11-24)20(28(19)21(18)29)22(30)31-33-26-23/h14-16,18-19,25-26,33H,6-13,24H2,1-5H3/t14-,15+,16?,18+,19+/m0/s1. The fraction of sp³-hybridized carbons (Fsp3) is 0.818. The summed E-state index contributed by atoms with van der Waals surface area (Å²) in [5.74, 6) is -0.771. The van der Waals surface area contributed by atoms with Gasteiger partial charge in [-0.2, -0.15) is 0 Å². The van der Waals surface area contributed by atoms with E-state index >= 15 is 0 Å². The molecule has 3 aliphatic rings. The number of hydrogen-bond donors (Lipinski definition) is 3. The number of β-lactam (4-membered cyclic amide) rings is 1. The number of piperazine rings is 1. The molecule has 1 amide bonds. The third-order valence-corrected chi connectivity index (χ3v) is 13.3. The number of carbonyl (C=O) groups excluding carboxylic acids is 2. The second kappa shape index (κ2) is 12.0. The second-order valence-electron chi connectivity index (χ2n) is 9.65. The Balaban J connectivity index is 1.87. The number of rotatable bonds is 12. The van der Waals surface area contributed by atoms with E-state index in [0.717, 1.165) is 43.3 Å². The van der Waals surface area contributed by atoms with E-state index in [-0.39, 0.29) is 44.9 Å². The normalized spacial score (nSPS) is 29.0. The molecule has 0 aliphatic carbocycles. The third kappa shape index (κ3) is 5.17. The van der Waals surface area contributed by atoms with Gasteiger partial charge in [-0.25, -0.2) is 4.79 Å². The van der Waals surface area contributed by atoms with Crippen LogP contribution in [-0.2, 0) is 18.5 Å². The van der Waals surface area contributed by atoms with Gasteiger partial charge in [0.15, 0.2) is 16.3 Å². The molecule has 0 bridgehead atoms. The first kappa shape index (κ1) is 27.8. The van der Waals surface area contributed by atoms with Crippen molar-refractivity contribution in [3.63, 3.8) is 0 Å². The lowest BCUT2D eigenvalue weighted by Gasteiger charge is -2.49. The van der Waals surface area contributed by atoms with Crippen LogP contribution in [0.3, 0.4) is 0 Å². The van der Waals surface area contributed by atoms with Crippen molar-refractivity contribution < 1.29 is 18.5 Å². The van der Waals surface area contributed by atoms with Crippen LogP contribution in [0.1, 0.15) is 34.6 Å². The highest BCUT2D eigenvalue weighted by Crippen LogP contribution is 2.49. The van der Waals surface area contributed by atoms with Gasteiger partial charge in [0.2, 0.25) is 5.91 Å². The van der Waals surface area contributed by atoms with Crippen LogP contribution in [0.2, 0.25) is 18.1 Å². The number of amides is 1. The van der Waals surface area contributed by atoms with E-state index in [0.29, 0.717) is 18.8 Å². The fourth-order valence-electron chi connectivity index (χ4n) is 5.88. The molecule has 2 radical (unpaired) electrons. The van der Waals surface area contributed by atoms with Crippen LogP contribution in [0.25, 0.3) is 0 Å². The first-order valence-corrected chi connectivity index (χ1v) is 16.0. The largest absolute Gasteiger partial charge is 0.428 e. The zero-order valence-corrected chi connectivity index (χ0v) is 23.2. The predicted molar refractivity (Wildman–Crippen MR) is 139 cm³/mol. The summed E-state index contributed by atoms with van der Waals surface area (Å²) in [7, 11) is 3.09. The highest BCUT2D eigenvalue weighted by molar-refractivity contribution is 7.32. The molecule has 0 spiro atoms. The molecular weight excluding hydrogens is 468 g/mol. The molecule has 2 saturated heterocycles. The van der Waals surface area contributed by atoms with Crippen LogP contribution in [0.5, 0.6) is 0 Å². The summed E-state index contributed by atoms with van der Waals surface area (Å²) < 4.78 is 12.0. The monoisotopic (exact) mass is 509 g/mol. The first-order chi connectivity index (χ1) is 16.3. The number of hydrogen-bond acceptors (Lipinski definition) is 8. The van der Waals surface area contributed by atoms with Crippen LogP contribution < -0.4 is 16.0 Å². The molecule has 0 aromatic carbocycles. The maximum Gasteiger partial charge on any atom is 0.358 e. The van der Waals surface area contributed by atoms with Gasteiger partial charge in [-0.3, -0.25) is 9.69 Å². The van der Waals surface area contributed by atoms with Crippen LogP contribution in [-0.4, -0.2) is 88.9 Å². The predicted octanol–water partition coefficient (Wildman–Crippen LogP) is 1.08. The minimum absolute atomic E-state index is 0.0275. The highest BCUT2D eigenvalue weighted by Gasteiger charge is 2.61. The Kier molecular flexibility index (Phi) is 9.76. The number of nitrogens with zero attached hydrogens (tertiary/aromatic N) is 2. The summed E-state index contributed by atoms with van der Waals surface area (Å²) in [6, 6.07) is 3.20. The maximum absolute atomic E-state index is 13.5. The summed E-state index contributed by atoms with van der Waals surface area (Å²) >= 11 is 0. The van der Waals surface area contributed by atoms with Gasteiger partial charge in [-0.15, -0.1) is 0 Å². The first-order valence-electron chi connectivity index (χ1n) is 12.6. The second-order valence-corrected chi connectivity index (χ2v) is 15.1. The van der Waals surface area contributed by atoms with Crippen LogP contribution >= 0.6 is 8.96 Å². The molecule has 0 saturated carbocycles. The Hall–Kier alpha value is -0.808. The zero-order chi connectivity index (χ0) is 25.0. The molecule has 2 fully saturated rings. The van der Waals surface area contributed by atoms with Gasteiger partial charge in [0, 0.05) is 44.7 Å². The van der Waals surface area contributed by atoms with Gasteiger partial charge in [0.25, 0.3) is 0 Å². The van der Waals surface area contributed by atoms with Crippen LogP contribution in [0.15, 0.2) is 11.3 Å². The fourth-order valence-corrected chi connectivity index (χ4v) is 9.07. The van der Waals surface area contributed by atoms with Gasteiger partial charge in [-0.1, -0.05) is 27.7 Å². The smallest absolute Gasteiger partial charge is 0.358 e. The van der Waals surface area contributed by atoms with Crippen molar-refractivity contribution in [1.82, 2.24) is 20.1 Å². The summed E-state index contributed by atoms with van der Waals surface area (Å²) in [6.07, 6.45) is -0.178. The lowest BCUT2D eigenvalue weighted by molar-refractivity contribution is -0.161. The molecular formula is C22H41BN5O4PSi. The van der Waals surface area contributed by atoms with Gasteiger partial charge in [0.1, 0.15) is 14.7 Å². The van der Waals surface area contributed by atoms with Crippen molar-refractivity contribution in [2.75, 3.05) is 32.7 Å². The van der Waals surface area contributed by atoms with Crippen molar-refractivity contribution in [3.05, 3.63) is 11.3 Å². The Bertz CT molecular complexity index is 778. The summed E-state index contributed by atoms with van der Waals surface area (Å²) in [4.78, 5) is 32.9. The van der Waals surface area contributed by atoms with Crippen molar-refractivity contribution in [1.29, 1.82) is 0 Å². The number of fused-ring (bicyclic) bond motifs is 1. The molecule has 3 rings (SSSR count). The molecule has 9 nitrogen and oxygen atoms in total. The molecule has 190 valence electrons. The molecule has 12 heteroatoms. The molecule has 3 heterocycles. The van der Waals surface area contributed by atoms with E-state index in [1.165, 1.54) is 0 Å². The van der Waals surface area contributed by atoms with E-state index in [1.807, 2.05) is 6.92 Å². The van der Waals surface area contributed by atoms with Crippen LogP contribution in [0, 0.1) is 11.8 Å². The van der Waals surface area contributed by atoms with Crippen molar-refractivity contribution in [3.8, 4) is 0 Å². The molecule has 2 unspecified atom stereocenters. The van der Waals surface area contributed by atoms with E-state index in [1.54, 1.807) is 4.90 Å². The third-order valence-electron chi connectivity index (χ3n) is 8.18. The Morgan fingerprint density at radius 3 is 2.62 bits per heavy atom.